The zero-order valence-electron chi connectivity index (χ0n) is 19.5. The molecule has 0 unspecified atom stereocenters. The number of hydrogen-bond donors (Lipinski definition) is 2. The standard InChI is InChI=1S/C24H27N5O4S/c1-5-29-21(16(3)25-22(31)17-11-7-6-10-15(17)2)27-28-24(29)34-14-20(30)26-19-13-9-8-12-18(19)23(32)33-4/h6-13,16H,5,14H2,1-4H3,(H,25,31)(H,26,30)/t16-/m1/s1. The van der Waals surface area contributed by atoms with E-state index in [4.69, 9.17) is 4.74 Å². The largest absolute Gasteiger partial charge is 0.465 e. The molecule has 0 saturated heterocycles. The number of rotatable bonds is 9. The van der Waals surface area contributed by atoms with E-state index in [0.717, 1.165) is 5.56 Å². The van der Waals surface area contributed by atoms with E-state index in [9.17, 15) is 14.4 Å². The van der Waals surface area contributed by atoms with Gasteiger partial charge in [0.15, 0.2) is 11.0 Å². The normalized spacial score (nSPS) is 11.5. The number of hydrogen-bond acceptors (Lipinski definition) is 7. The van der Waals surface area contributed by atoms with Gasteiger partial charge >= 0.3 is 5.97 Å². The van der Waals surface area contributed by atoms with Crippen molar-refractivity contribution < 1.29 is 19.1 Å². The molecule has 0 aliphatic carbocycles. The Hall–Kier alpha value is -3.66. The van der Waals surface area contributed by atoms with Gasteiger partial charge in [0.1, 0.15) is 0 Å². The number of carbonyl (C=O) groups excluding carboxylic acids is 3. The molecule has 0 spiro atoms. The van der Waals surface area contributed by atoms with Gasteiger partial charge in [0, 0.05) is 12.1 Å². The fraction of sp³-hybridized carbons (Fsp3) is 0.292. The van der Waals surface area contributed by atoms with E-state index in [1.165, 1.54) is 18.9 Å². The number of amides is 2. The SMILES string of the molecule is CCn1c(SCC(=O)Nc2ccccc2C(=O)OC)nnc1[C@@H](C)NC(=O)c1ccccc1C. The van der Waals surface area contributed by atoms with Gasteiger partial charge in [-0.1, -0.05) is 42.1 Å². The lowest BCUT2D eigenvalue weighted by molar-refractivity contribution is -0.113. The van der Waals surface area contributed by atoms with Crippen molar-refractivity contribution in [1.82, 2.24) is 20.1 Å². The first-order chi connectivity index (χ1) is 16.3. The second kappa shape index (κ2) is 11.5. The van der Waals surface area contributed by atoms with E-state index in [-0.39, 0.29) is 29.2 Å². The molecule has 2 N–H and O–H groups in total. The van der Waals surface area contributed by atoms with Gasteiger partial charge in [-0.25, -0.2) is 4.79 Å². The highest BCUT2D eigenvalue weighted by Crippen LogP contribution is 2.22. The van der Waals surface area contributed by atoms with Crippen LogP contribution in [0, 0.1) is 6.92 Å². The van der Waals surface area contributed by atoms with Crippen molar-refractivity contribution in [2.75, 3.05) is 18.2 Å². The number of aryl methyl sites for hydroxylation is 1. The lowest BCUT2D eigenvalue weighted by Gasteiger charge is -2.16. The topological polar surface area (TPSA) is 115 Å². The number of nitrogens with zero attached hydrogens (tertiary/aromatic N) is 3. The monoisotopic (exact) mass is 481 g/mol. The van der Waals surface area contributed by atoms with Crippen LogP contribution in [0.4, 0.5) is 5.69 Å². The van der Waals surface area contributed by atoms with E-state index in [1.807, 2.05) is 43.5 Å². The molecular weight excluding hydrogens is 454 g/mol. The van der Waals surface area contributed by atoms with Gasteiger partial charge < -0.3 is 19.9 Å². The summed E-state index contributed by atoms with van der Waals surface area (Å²) in [7, 11) is 1.29. The van der Waals surface area contributed by atoms with Crippen LogP contribution in [0.25, 0.3) is 0 Å². The summed E-state index contributed by atoms with van der Waals surface area (Å²) in [6.45, 7) is 6.25. The molecule has 1 aromatic heterocycles. The molecule has 9 nitrogen and oxygen atoms in total. The Morgan fingerprint density at radius 3 is 2.41 bits per heavy atom. The molecule has 10 heteroatoms. The first-order valence-electron chi connectivity index (χ1n) is 10.7. The summed E-state index contributed by atoms with van der Waals surface area (Å²) in [6.07, 6.45) is 0. The molecule has 0 aliphatic heterocycles. The zero-order chi connectivity index (χ0) is 24.7. The predicted octanol–water partition coefficient (Wildman–Crippen LogP) is 3.61. The molecule has 3 aromatic rings. The van der Waals surface area contributed by atoms with Crippen LogP contribution in [0.3, 0.4) is 0 Å². The Morgan fingerprint density at radius 1 is 1.06 bits per heavy atom. The fourth-order valence-corrected chi connectivity index (χ4v) is 4.20. The number of nitrogens with one attached hydrogen (secondary N) is 2. The summed E-state index contributed by atoms with van der Waals surface area (Å²) in [5, 5.41) is 14.7. The maximum atomic E-state index is 12.7. The van der Waals surface area contributed by atoms with Crippen LogP contribution in [0.2, 0.25) is 0 Å². The van der Waals surface area contributed by atoms with E-state index in [2.05, 4.69) is 20.8 Å². The predicted molar refractivity (Wildman–Crippen MR) is 130 cm³/mol. The minimum Gasteiger partial charge on any atom is -0.465 e. The number of esters is 1. The first kappa shape index (κ1) is 25.0. The number of anilines is 1. The van der Waals surface area contributed by atoms with Crippen molar-refractivity contribution in [3.05, 3.63) is 71.0 Å². The molecule has 0 radical (unpaired) electrons. The van der Waals surface area contributed by atoms with E-state index >= 15 is 0 Å². The van der Waals surface area contributed by atoms with Gasteiger partial charge in [-0.05, 0) is 44.5 Å². The second-order valence-electron chi connectivity index (χ2n) is 7.47. The van der Waals surface area contributed by atoms with Gasteiger partial charge in [0.2, 0.25) is 5.91 Å². The van der Waals surface area contributed by atoms with Crippen LogP contribution in [0.15, 0.2) is 53.7 Å². The molecule has 178 valence electrons. The van der Waals surface area contributed by atoms with E-state index < -0.39 is 5.97 Å². The fourth-order valence-electron chi connectivity index (χ4n) is 3.39. The van der Waals surface area contributed by atoms with Crippen molar-refractivity contribution in [2.24, 2.45) is 0 Å². The first-order valence-corrected chi connectivity index (χ1v) is 11.7. The molecule has 0 aliphatic rings. The number of aromatic nitrogens is 3. The molecule has 0 fully saturated rings. The molecule has 2 amide bonds. The van der Waals surface area contributed by atoms with Gasteiger partial charge in [0.05, 0.1) is 30.2 Å². The van der Waals surface area contributed by atoms with Crippen molar-refractivity contribution >= 4 is 35.2 Å². The average molecular weight is 482 g/mol. The summed E-state index contributed by atoms with van der Waals surface area (Å²) in [4.78, 5) is 37.1. The number of carbonyl (C=O) groups is 3. The number of para-hydroxylation sites is 1. The molecule has 2 aromatic carbocycles. The Balaban J connectivity index is 1.65. The van der Waals surface area contributed by atoms with Crippen molar-refractivity contribution in [3.8, 4) is 0 Å². The molecular formula is C24H27N5O4S. The highest BCUT2D eigenvalue weighted by atomic mass is 32.2. The third kappa shape index (κ3) is 5.82. The molecule has 34 heavy (non-hydrogen) atoms. The van der Waals surface area contributed by atoms with Crippen LogP contribution in [0.1, 0.15) is 52.0 Å². The Morgan fingerprint density at radius 2 is 1.74 bits per heavy atom. The summed E-state index contributed by atoms with van der Waals surface area (Å²) in [6, 6.07) is 13.6. The third-order valence-electron chi connectivity index (χ3n) is 5.13. The number of benzene rings is 2. The van der Waals surface area contributed by atoms with Gasteiger partial charge in [-0.2, -0.15) is 0 Å². The highest BCUT2D eigenvalue weighted by Gasteiger charge is 2.21. The quantitative estimate of drug-likeness (QED) is 0.354. The van der Waals surface area contributed by atoms with Gasteiger partial charge in [0.25, 0.3) is 5.91 Å². The molecule has 0 bridgehead atoms. The smallest absolute Gasteiger partial charge is 0.339 e. The number of thioether (sulfide) groups is 1. The Kier molecular flexibility index (Phi) is 8.42. The lowest BCUT2D eigenvalue weighted by atomic mass is 10.1. The van der Waals surface area contributed by atoms with Crippen LogP contribution >= 0.6 is 11.8 Å². The maximum absolute atomic E-state index is 12.7. The van der Waals surface area contributed by atoms with Crippen LogP contribution in [-0.4, -0.2) is 45.4 Å². The van der Waals surface area contributed by atoms with Crippen molar-refractivity contribution in [2.45, 2.75) is 38.5 Å². The third-order valence-corrected chi connectivity index (χ3v) is 6.09. The molecule has 0 saturated carbocycles. The number of ether oxygens (including phenoxy) is 1. The molecule has 3 rings (SSSR count). The zero-order valence-corrected chi connectivity index (χ0v) is 20.3. The minimum atomic E-state index is -0.527. The Labute approximate surface area is 202 Å². The second-order valence-corrected chi connectivity index (χ2v) is 8.41. The maximum Gasteiger partial charge on any atom is 0.339 e. The number of methoxy groups -OCH3 is 1. The van der Waals surface area contributed by atoms with Gasteiger partial charge in [-0.3, -0.25) is 9.59 Å². The Bertz CT molecular complexity index is 1190. The summed E-state index contributed by atoms with van der Waals surface area (Å²) < 4.78 is 6.62. The van der Waals surface area contributed by atoms with Crippen molar-refractivity contribution in [1.29, 1.82) is 0 Å². The van der Waals surface area contributed by atoms with Crippen LogP contribution in [-0.2, 0) is 16.1 Å². The minimum absolute atomic E-state index is 0.0671. The van der Waals surface area contributed by atoms with Crippen LogP contribution < -0.4 is 10.6 Å². The average Bonchev–Trinajstić information content (AvgIpc) is 3.26. The van der Waals surface area contributed by atoms with E-state index in [0.29, 0.717) is 28.8 Å². The van der Waals surface area contributed by atoms with Gasteiger partial charge in [-0.15, -0.1) is 10.2 Å². The molecule has 1 heterocycles. The highest BCUT2D eigenvalue weighted by molar-refractivity contribution is 7.99. The molecule has 1 atom stereocenters. The van der Waals surface area contributed by atoms with Crippen molar-refractivity contribution in [3.63, 3.8) is 0 Å². The van der Waals surface area contributed by atoms with Crippen LogP contribution in [0.5, 0.6) is 0 Å². The summed E-state index contributed by atoms with van der Waals surface area (Å²) >= 11 is 1.22. The van der Waals surface area contributed by atoms with E-state index in [1.54, 1.807) is 30.3 Å². The summed E-state index contributed by atoms with van der Waals surface area (Å²) in [5.41, 5.74) is 2.15. The lowest BCUT2D eigenvalue weighted by Crippen LogP contribution is -2.29. The summed E-state index contributed by atoms with van der Waals surface area (Å²) in [5.74, 6) is -0.343.